The summed E-state index contributed by atoms with van der Waals surface area (Å²) in [5, 5.41) is 6.56. The van der Waals surface area contributed by atoms with Gasteiger partial charge in [0.15, 0.2) is 0 Å². The van der Waals surface area contributed by atoms with E-state index in [1.807, 2.05) is 12.1 Å². The largest absolute Gasteiger partial charge is 0.326 e. The molecule has 2 N–H and O–H groups in total. The van der Waals surface area contributed by atoms with E-state index in [0.29, 0.717) is 0 Å². The number of benzene rings is 1. The molecule has 5 nitrogen and oxygen atoms in total. The van der Waals surface area contributed by atoms with Crippen molar-refractivity contribution in [2.75, 3.05) is 6.67 Å². The number of carbonyl (C=O) groups is 2. The van der Waals surface area contributed by atoms with Gasteiger partial charge in [-0.05, 0) is 49.8 Å². The van der Waals surface area contributed by atoms with E-state index in [0.717, 1.165) is 62.3 Å². The molecule has 3 amide bonds. The van der Waals surface area contributed by atoms with Crippen molar-refractivity contribution in [2.45, 2.75) is 68.9 Å². The fraction of sp³-hybridized carbons (Fsp3) is 0.600. The molecule has 2 saturated carbocycles. The molecule has 0 atom stereocenters. The number of halogens is 1. The second-order valence-corrected chi connectivity index (χ2v) is 8.85. The Hall–Kier alpha value is -1.40. The molecule has 2 aliphatic carbocycles. The fourth-order valence-electron chi connectivity index (χ4n) is 4.59. The zero-order valence-electron chi connectivity index (χ0n) is 15.0. The molecular formula is C20H26BrN3O2. The van der Waals surface area contributed by atoms with E-state index < -0.39 is 5.54 Å². The van der Waals surface area contributed by atoms with Gasteiger partial charge in [0.25, 0.3) is 5.91 Å². The smallest absolute Gasteiger partial charge is 0.323 e. The van der Waals surface area contributed by atoms with Crippen molar-refractivity contribution in [2.24, 2.45) is 0 Å². The van der Waals surface area contributed by atoms with Crippen molar-refractivity contribution in [3.05, 3.63) is 34.3 Å². The average molecular weight is 420 g/mol. The number of nitrogens with zero attached hydrogens (tertiary/aromatic N) is 1. The highest BCUT2D eigenvalue weighted by atomic mass is 79.9. The highest BCUT2D eigenvalue weighted by molar-refractivity contribution is 9.10. The van der Waals surface area contributed by atoms with E-state index in [4.69, 9.17) is 0 Å². The van der Waals surface area contributed by atoms with Gasteiger partial charge in [-0.2, -0.15) is 0 Å². The number of rotatable bonds is 4. The molecule has 1 spiro atoms. The van der Waals surface area contributed by atoms with Crippen molar-refractivity contribution in [1.29, 1.82) is 0 Å². The predicted octanol–water partition coefficient (Wildman–Crippen LogP) is 4.02. The second-order valence-electron chi connectivity index (χ2n) is 7.94. The molecule has 0 bridgehead atoms. The minimum Gasteiger partial charge on any atom is -0.323 e. The maximum Gasteiger partial charge on any atom is 0.326 e. The summed E-state index contributed by atoms with van der Waals surface area (Å²) >= 11 is 3.48. The lowest BCUT2D eigenvalue weighted by molar-refractivity contribution is -0.132. The summed E-state index contributed by atoms with van der Waals surface area (Å²) in [5.41, 5.74) is 0.448. The third-order valence-electron chi connectivity index (χ3n) is 6.38. The molecule has 0 unspecified atom stereocenters. The van der Waals surface area contributed by atoms with Crippen LogP contribution in [0.1, 0.15) is 63.4 Å². The van der Waals surface area contributed by atoms with E-state index in [1.165, 1.54) is 10.5 Å². The number of nitrogens with one attached hydrogen (secondary N) is 2. The summed E-state index contributed by atoms with van der Waals surface area (Å²) in [4.78, 5) is 27.0. The normalized spacial score (nSPS) is 24.3. The van der Waals surface area contributed by atoms with Gasteiger partial charge in [0.2, 0.25) is 0 Å². The lowest BCUT2D eigenvalue weighted by Crippen LogP contribution is -2.53. The maximum absolute atomic E-state index is 13.0. The third-order valence-corrected chi connectivity index (χ3v) is 6.91. The molecule has 6 heteroatoms. The van der Waals surface area contributed by atoms with Crippen LogP contribution < -0.4 is 10.6 Å². The van der Waals surface area contributed by atoms with Gasteiger partial charge in [0.1, 0.15) is 5.54 Å². The summed E-state index contributed by atoms with van der Waals surface area (Å²) in [6.45, 7) is 0.280. The third kappa shape index (κ3) is 3.07. The average Bonchev–Trinajstić information content (AvgIpc) is 2.76. The van der Waals surface area contributed by atoms with Crippen LogP contribution in [0, 0.1) is 0 Å². The Morgan fingerprint density at radius 1 is 0.962 bits per heavy atom. The Morgan fingerprint density at radius 2 is 1.62 bits per heavy atom. The molecule has 4 rings (SSSR count). The first-order valence-electron chi connectivity index (χ1n) is 9.70. The molecule has 0 radical (unpaired) electrons. The van der Waals surface area contributed by atoms with Crippen LogP contribution in [-0.2, 0) is 10.3 Å². The van der Waals surface area contributed by atoms with Crippen LogP contribution >= 0.6 is 15.9 Å². The Kier molecular flexibility index (Phi) is 4.82. The van der Waals surface area contributed by atoms with Crippen LogP contribution in [0.25, 0.3) is 0 Å². The zero-order chi connectivity index (χ0) is 18.2. The van der Waals surface area contributed by atoms with Gasteiger partial charge in [-0.3, -0.25) is 10.1 Å². The quantitative estimate of drug-likeness (QED) is 0.724. The van der Waals surface area contributed by atoms with Gasteiger partial charge in [-0.1, -0.05) is 53.7 Å². The van der Waals surface area contributed by atoms with Crippen molar-refractivity contribution < 1.29 is 9.59 Å². The number of imide groups is 1. The van der Waals surface area contributed by atoms with Crippen molar-refractivity contribution in [1.82, 2.24) is 15.5 Å². The molecule has 1 aromatic carbocycles. The Morgan fingerprint density at radius 3 is 2.19 bits per heavy atom. The molecule has 140 valence electrons. The van der Waals surface area contributed by atoms with E-state index >= 15 is 0 Å². The number of hydrogen-bond acceptors (Lipinski definition) is 3. The minimum atomic E-state index is -0.653. The Balaban J connectivity index is 1.47. The fourth-order valence-corrected chi connectivity index (χ4v) is 4.85. The first-order valence-corrected chi connectivity index (χ1v) is 10.5. The molecule has 1 aliphatic heterocycles. The van der Waals surface area contributed by atoms with Crippen LogP contribution in [-0.4, -0.2) is 29.0 Å². The van der Waals surface area contributed by atoms with Crippen LogP contribution in [0.3, 0.4) is 0 Å². The molecule has 1 saturated heterocycles. The first-order chi connectivity index (χ1) is 12.5. The summed E-state index contributed by atoms with van der Waals surface area (Å²) in [5.74, 6) is -0.0396. The highest BCUT2D eigenvalue weighted by Crippen LogP contribution is 2.42. The van der Waals surface area contributed by atoms with Crippen LogP contribution in [0.5, 0.6) is 0 Å². The van der Waals surface area contributed by atoms with E-state index in [2.05, 4.69) is 38.7 Å². The lowest BCUT2D eigenvalue weighted by Gasteiger charge is -2.44. The summed E-state index contributed by atoms with van der Waals surface area (Å²) < 4.78 is 1.06. The van der Waals surface area contributed by atoms with Gasteiger partial charge in [-0.15, -0.1) is 0 Å². The number of amides is 3. The van der Waals surface area contributed by atoms with Gasteiger partial charge < -0.3 is 5.32 Å². The maximum atomic E-state index is 13.0. The van der Waals surface area contributed by atoms with Gasteiger partial charge in [0.05, 0.1) is 6.67 Å². The molecule has 1 heterocycles. The van der Waals surface area contributed by atoms with Gasteiger partial charge in [-0.25, -0.2) is 9.69 Å². The Bertz CT molecular complexity index is 692. The summed E-state index contributed by atoms with van der Waals surface area (Å²) in [7, 11) is 0. The standard InChI is InChI=1S/C20H26BrN3O2/c21-16-8-6-15(7-9-16)19(12-5-13-19)22-14-24-17(25)20(23-18(24)26)10-3-1-2-4-11-20/h6-9,22H,1-5,10-14H2,(H,23,26). The summed E-state index contributed by atoms with van der Waals surface area (Å²) in [6, 6.07) is 8.09. The highest BCUT2D eigenvalue weighted by Gasteiger charge is 2.51. The van der Waals surface area contributed by atoms with Crippen molar-refractivity contribution >= 4 is 27.9 Å². The van der Waals surface area contributed by atoms with Crippen LogP contribution in [0.4, 0.5) is 4.79 Å². The number of hydrogen-bond donors (Lipinski definition) is 2. The molecule has 1 aromatic rings. The van der Waals surface area contributed by atoms with Crippen molar-refractivity contribution in [3.8, 4) is 0 Å². The van der Waals surface area contributed by atoms with Crippen LogP contribution in [0.2, 0.25) is 0 Å². The van der Waals surface area contributed by atoms with Crippen molar-refractivity contribution in [3.63, 3.8) is 0 Å². The topological polar surface area (TPSA) is 61.4 Å². The van der Waals surface area contributed by atoms with Gasteiger partial charge in [0, 0.05) is 10.0 Å². The van der Waals surface area contributed by atoms with Gasteiger partial charge >= 0.3 is 6.03 Å². The van der Waals surface area contributed by atoms with E-state index in [1.54, 1.807) is 0 Å². The zero-order valence-corrected chi connectivity index (χ0v) is 16.6. The lowest BCUT2D eigenvalue weighted by atomic mass is 9.72. The van der Waals surface area contributed by atoms with E-state index in [-0.39, 0.29) is 24.1 Å². The second kappa shape index (κ2) is 6.97. The first kappa shape index (κ1) is 18.0. The van der Waals surface area contributed by atoms with Crippen LogP contribution in [0.15, 0.2) is 28.7 Å². The minimum absolute atomic E-state index is 0.0396. The molecular weight excluding hydrogens is 394 g/mol. The summed E-state index contributed by atoms with van der Waals surface area (Å²) in [6.07, 6.45) is 9.08. The predicted molar refractivity (Wildman–Crippen MR) is 103 cm³/mol. The number of urea groups is 1. The molecule has 26 heavy (non-hydrogen) atoms. The molecule has 0 aromatic heterocycles. The molecule has 3 aliphatic rings. The Labute approximate surface area is 163 Å². The molecule has 3 fully saturated rings. The monoisotopic (exact) mass is 419 g/mol. The number of carbonyl (C=O) groups excluding carboxylic acids is 2. The SMILES string of the molecule is O=C1NC2(CCCCCC2)C(=O)N1CNC1(c2ccc(Br)cc2)CCC1. The van der Waals surface area contributed by atoms with E-state index in [9.17, 15) is 9.59 Å².